The zero-order valence-electron chi connectivity index (χ0n) is 19.6. The van der Waals surface area contributed by atoms with Gasteiger partial charge in [-0.05, 0) is 25.5 Å². The third kappa shape index (κ3) is 4.53. The number of fused-ring (bicyclic) bond motifs is 3. The van der Waals surface area contributed by atoms with Crippen LogP contribution in [0.3, 0.4) is 0 Å². The number of methoxy groups -OCH3 is 2. The van der Waals surface area contributed by atoms with Gasteiger partial charge < -0.3 is 14.2 Å². The van der Waals surface area contributed by atoms with Crippen LogP contribution in [0, 0.1) is 6.92 Å². The number of nitrogens with zero attached hydrogens (tertiary/aromatic N) is 6. The molecule has 1 N–H and O–H groups in total. The van der Waals surface area contributed by atoms with Gasteiger partial charge in [0.25, 0.3) is 0 Å². The van der Waals surface area contributed by atoms with E-state index in [0.717, 1.165) is 5.56 Å². The van der Waals surface area contributed by atoms with Gasteiger partial charge in [0.15, 0.2) is 11.5 Å². The van der Waals surface area contributed by atoms with Crippen molar-refractivity contribution in [1.82, 2.24) is 29.7 Å². The minimum absolute atomic E-state index is 0.0435. The van der Waals surface area contributed by atoms with Gasteiger partial charge in [0.2, 0.25) is 21.9 Å². The van der Waals surface area contributed by atoms with Crippen LogP contribution in [0.15, 0.2) is 24.5 Å². The number of nitrogens with one attached hydrogen (secondary N) is 1. The molecular weight excluding hydrogens is 462 g/mol. The van der Waals surface area contributed by atoms with Gasteiger partial charge >= 0.3 is 0 Å². The van der Waals surface area contributed by atoms with E-state index in [-0.39, 0.29) is 19.2 Å². The van der Waals surface area contributed by atoms with E-state index in [4.69, 9.17) is 14.2 Å². The molecule has 3 aromatic heterocycles. The predicted octanol–water partition coefficient (Wildman–Crippen LogP) is 1.96. The lowest BCUT2D eigenvalue weighted by molar-refractivity contribution is 0.126. The van der Waals surface area contributed by atoms with E-state index in [9.17, 15) is 8.42 Å². The fraction of sp³-hybridized carbons (Fsp3) is 0.476. The lowest BCUT2D eigenvalue weighted by Crippen LogP contribution is -2.32. The number of anilines is 1. The van der Waals surface area contributed by atoms with Gasteiger partial charge in [0.05, 0.1) is 25.0 Å². The Morgan fingerprint density at radius 1 is 1.21 bits per heavy atom. The molecule has 182 valence electrons. The molecule has 34 heavy (non-hydrogen) atoms. The Balaban J connectivity index is 1.70. The third-order valence-electron chi connectivity index (χ3n) is 5.74. The van der Waals surface area contributed by atoms with Crippen molar-refractivity contribution in [1.29, 1.82) is 0 Å². The van der Waals surface area contributed by atoms with Crippen LogP contribution in [0.1, 0.15) is 37.2 Å². The molecule has 13 heteroatoms. The maximum absolute atomic E-state index is 13.3. The van der Waals surface area contributed by atoms with Crippen LogP contribution in [0.4, 0.5) is 5.95 Å². The third-order valence-corrected chi connectivity index (χ3v) is 7.59. The summed E-state index contributed by atoms with van der Waals surface area (Å²) >= 11 is 0. The molecule has 1 aliphatic heterocycles. The lowest BCUT2D eigenvalue weighted by Gasteiger charge is -2.22. The number of hydrogen-bond acceptors (Lipinski definition) is 10. The van der Waals surface area contributed by atoms with Crippen molar-refractivity contribution in [2.45, 2.75) is 38.0 Å². The highest BCUT2D eigenvalue weighted by Gasteiger charge is 2.34. The quantitative estimate of drug-likeness (QED) is 0.499. The van der Waals surface area contributed by atoms with E-state index >= 15 is 0 Å². The highest BCUT2D eigenvalue weighted by Crippen LogP contribution is 2.36. The Morgan fingerprint density at radius 2 is 1.94 bits per heavy atom. The summed E-state index contributed by atoms with van der Waals surface area (Å²) in [5.41, 5.74) is 1.29. The van der Waals surface area contributed by atoms with Gasteiger partial charge in [-0.3, -0.25) is 9.29 Å². The summed E-state index contributed by atoms with van der Waals surface area (Å²) in [7, 11) is -0.836. The van der Waals surface area contributed by atoms with Crippen molar-refractivity contribution in [3.05, 3.63) is 35.9 Å². The highest BCUT2D eigenvalue weighted by molar-refractivity contribution is 7.93. The Bertz CT molecular complexity index is 1260. The number of sulfonamides is 1. The molecule has 0 saturated heterocycles. The van der Waals surface area contributed by atoms with Gasteiger partial charge in [0.1, 0.15) is 18.2 Å². The predicted molar refractivity (Wildman–Crippen MR) is 123 cm³/mol. The highest BCUT2D eigenvalue weighted by atomic mass is 32.2. The van der Waals surface area contributed by atoms with Gasteiger partial charge in [-0.25, -0.2) is 23.4 Å². The zero-order valence-corrected chi connectivity index (χ0v) is 20.4. The fourth-order valence-corrected chi connectivity index (χ4v) is 4.84. The number of rotatable bonds is 8. The maximum Gasteiger partial charge on any atom is 0.239 e. The van der Waals surface area contributed by atoms with Crippen LogP contribution >= 0.6 is 0 Å². The van der Waals surface area contributed by atoms with Crippen molar-refractivity contribution >= 4 is 16.0 Å². The summed E-state index contributed by atoms with van der Waals surface area (Å²) in [6.45, 7) is 5.70. The summed E-state index contributed by atoms with van der Waals surface area (Å²) in [6.07, 6.45) is 3.33. The summed E-state index contributed by atoms with van der Waals surface area (Å²) in [4.78, 5) is 13.0. The number of ether oxygens (including phenoxy) is 3. The molecule has 0 fully saturated rings. The largest absolute Gasteiger partial charge is 0.489 e. The molecule has 0 radical (unpaired) electrons. The average molecular weight is 490 g/mol. The van der Waals surface area contributed by atoms with E-state index in [2.05, 4.69) is 29.9 Å². The second kappa shape index (κ2) is 9.50. The average Bonchev–Trinajstić information content (AvgIpc) is 3.16. The molecule has 0 saturated carbocycles. The second-order valence-electron chi connectivity index (χ2n) is 8.10. The standard InChI is InChI=1S/C21H27N7O5S/c1-12-8-22-19(23-9-12)13(2)14(3)34(29,30)27-21-26-25-20-18-16(6-7-17(24-18)32-5)33-11-15(10-31-4)28(20)21/h6-9,13-15H,10-11H2,1-5H3,(H,26,27)/t13?,14?,15-/m1/s1. The first-order valence-corrected chi connectivity index (χ1v) is 12.2. The molecular formula is C21H27N7O5S. The van der Waals surface area contributed by atoms with Crippen LogP contribution in [0.25, 0.3) is 11.5 Å². The topological polar surface area (TPSA) is 143 Å². The summed E-state index contributed by atoms with van der Waals surface area (Å²) in [5.74, 6) is 1.22. The monoisotopic (exact) mass is 489 g/mol. The van der Waals surface area contributed by atoms with Crippen molar-refractivity contribution in [3.8, 4) is 23.1 Å². The lowest BCUT2D eigenvalue weighted by atomic mass is 10.1. The molecule has 4 rings (SSSR count). The van der Waals surface area contributed by atoms with Crippen molar-refractivity contribution < 1.29 is 22.6 Å². The van der Waals surface area contributed by atoms with Gasteiger partial charge in [0, 0.05) is 31.5 Å². The van der Waals surface area contributed by atoms with Crippen LogP contribution in [-0.4, -0.2) is 70.8 Å². The molecule has 0 amide bonds. The summed E-state index contributed by atoms with van der Waals surface area (Å²) in [5, 5.41) is 7.52. The molecule has 1 aliphatic rings. The van der Waals surface area contributed by atoms with E-state index in [1.807, 2.05) is 6.92 Å². The molecule has 12 nitrogen and oxygen atoms in total. The first-order valence-electron chi connectivity index (χ1n) is 10.7. The Morgan fingerprint density at radius 3 is 2.62 bits per heavy atom. The first kappa shape index (κ1) is 23.8. The number of hydrogen-bond donors (Lipinski definition) is 1. The first-order chi connectivity index (χ1) is 16.2. The SMILES string of the molecule is COC[C@@H]1COc2ccc(OC)nc2-c2nnc(NS(=O)(=O)C(C)C(C)c3ncc(C)cn3)n21. The van der Waals surface area contributed by atoms with Crippen LogP contribution in [-0.2, 0) is 14.8 Å². The van der Waals surface area contributed by atoms with Crippen molar-refractivity contribution in [2.24, 2.45) is 0 Å². The van der Waals surface area contributed by atoms with E-state index in [1.54, 1.807) is 50.1 Å². The van der Waals surface area contributed by atoms with E-state index < -0.39 is 27.2 Å². The molecule has 0 aromatic carbocycles. The van der Waals surface area contributed by atoms with Crippen molar-refractivity contribution in [2.75, 3.05) is 32.2 Å². The molecule has 3 atom stereocenters. The van der Waals surface area contributed by atoms with Gasteiger partial charge in [-0.2, -0.15) is 0 Å². The Hall–Kier alpha value is -3.32. The fourth-order valence-electron chi connectivity index (χ4n) is 3.60. The maximum atomic E-state index is 13.3. The van der Waals surface area contributed by atoms with Crippen LogP contribution < -0.4 is 14.2 Å². The Labute approximate surface area is 197 Å². The molecule has 2 unspecified atom stereocenters. The molecule has 0 aliphatic carbocycles. The van der Waals surface area contributed by atoms with Gasteiger partial charge in [-0.1, -0.05) is 6.92 Å². The summed E-state index contributed by atoms with van der Waals surface area (Å²) < 4.78 is 47.4. The van der Waals surface area contributed by atoms with E-state index in [0.29, 0.717) is 29.0 Å². The second-order valence-corrected chi connectivity index (χ2v) is 10.1. The molecule has 0 spiro atoms. The number of pyridine rings is 1. The molecule has 0 bridgehead atoms. The molecule has 3 aromatic rings. The minimum atomic E-state index is -3.89. The summed E-state index contributed by atoms with van der Waals surface area (Å²) in [6, 6.07) is 3.00. The van der Waals surface area contributed by atoms with Crippen molar-refractivity contribution in [3.63, 3.8) is 0 Å². The number of aromatic nitrogens is 6. The Kier molecular flexibility index (Phi) is 6.66. The normalized spacial score (nSPS) is 17.0. The number of aryl methyl sites for hydroxylation is 1. The smallest absolute Gasteiger partial charge is 0.239 e. The zero-order chi connectivity index (χ0) is 24.5. The van der Waals surface area contributed by atoms with Crippen LogP contribution in [0.5, 0.6) is 11.6 Å². The van der Waals surface area contributed by atoms with Crippen LogP contribution in [0.2, 0.25) is 0 Å². The minimum Gasteiger partial charge on any atom is -0.489 e. The molecule has 4 heterocycles. The van der Waals surface area contributed by atoms with Gasteiger partial charge in [-0.15, -0.1) is 10.2 Å². The van der Waals surface area contributed by atoms with E-state index in [1.165, 1.54) is 7.11 Å².